The van der Waals surface area contributed by atoms with Crippen LogP contribution < -0.4 is 5.32 Å². The van der Waals surface area contributed by atoms with Crippen LogP contribution in [0.15, 0.2) is 12.3 Å². The van der Waals surface area contributed by atoms with Gasteiger partial charge in [-0.05, 0) is 26.5 Å². The highest BCUT2D eigenvalue weighted by atomic mass is 16.5. The number of carbonyl (C=O) groups is 1. The van der Waals surface area contributed by atoms with E-state index in [4.69, 9.17) is 0 Å². The number of likely N-dealkylation sites (N-methyl/N-ethyl adjacent to an activating group) is 1. The SMILES string of the molecule is CCC(C)N(C)CCNc1ccnc(C(=O)OC)n1. The summed E-state index contributed by atoms with van der Waals surface area (Å²) in [6.45, 7) is 6.03. The lowest BCUT2D eigenvalue weighted by atomic mass is 10.2. The first-order valence-electron chi connectivity index (χ1n) is 6.44. The summed E-state index contributed by atoms with van der Waals surface area (Å²) < 4.78 is 4.58. The maximum Gasteiger partial charge on any atom is 0.376 e. The molecule has 0 aliphatic rings. The van der Waals surface area contributed by atoms with Gasteiger partial charge in [-0.25, -0.2) is 14.8 Å². The van der Waals surface area contributed by atoms with Crippen molar-refractivity contribution in [2.45, 2.75) is 26.3 Å². The molecule has 0 bridgehead atoms. The van der Waals surface area contributed by atoms with Crippen LogP contribution in [0.4, 0.5) is 5.82 Å². The topological polar surface area (TPSA) is 67.4 Å². The molecule has 0 aliphatic carbocycles. The first-order valence-corrected chi connectivity index (χ1v) is 6.44. The zero-order valence-corrected chi connectivity index (χ0v) is 12.0. The van der Waals surface area contributed by atoms with Crippen molar-refractivity contribution < 1.29 is 9.53 Å². The lowest BCUT2D eigenvalue weighted by molar-refractivity contribution is 0.0587. The average molecular weight is 266 g/mol. The molecule has 1 atom stereocenters. The molecule has 1 rings (SSSR count). The summed E-state index contributed by atoms with van der Waals surface area (Å²) in [5.74, 6) is 0.177. The largest absolute Gasteiger partial charge is 0.463 e. The van der Waals surface area contributed by atoms with E-state index in [1.54, 1.807) is 12.3 Å². The van der Waals surface area contributed by atoms with Gasteiger partial charge in [0, 0.05) is 25.3 Å². The average Bonchev–Trinajstić information content (AvgIpc) is 2.45. The van der Waals surface area contributed by atoms with Crippen LogP contribution in [0, 0.1) is 0 Å². The van der Waals surface area contributed by atoms with Gasteiger partial charge in [0.15, 0.2) is 0 Å². The van der Waals surface area contributed by atoms with E-state index in [0.717, 1.165) is 19.5 Å². The third-order valence-electron chi connectivity index (χ3n) is 3.14. The van der Waals surface area contributed by atoms with E-state index in [1.807, 2.05) is 0 Å². The summed E-state index contributed by atoms with van der Waals surface area (Å²) in [5.41, 5.74) is 0. The van der Waals surface area contributed by atoms with E-state index in [-0.39, 0.29) is 5.82 Å². The molecule has 1 aromatic heterocycles. The molecule has 6 heteroatoms. The fourth-order valence-electron chi connectivity index (χ4n) is 1.54. The number of esters is 1. The standard InChI is InChI=1S/C13H22N4O2/c1-5-10(2)17(3)9-8-14-11-6-7-15-12(16-11)13(18)19-4/h6-7,10H,5,8-9H2,1-4H3,(H,14,15,16). The number of hydrogen-bond acceptors (Lipinski definition) is 6. The van der Waals surface area contributed by atoms with Crippen LogP contribution in [-0.4, -0.2) is 54.1 Å². The van der Waals surface area contributed by atoms with Crippen LogP contribution in [0.2, 0.25) is 0 Å². The van der Waals surface area contributed by atoms with Gasteiger partial charge in [0.25, 0.3) is 0 Å². The van der Waals surface area contributed by atoms with E-state index < -0.39 is 5.97 Å². The minimum absolute atomic E-state index is 0.0720. The van der Waals surface area contributed by atoms with E-state index in [9.17, 15) is 4.79 Å². The van der Waals surface area contributed by atoms with E-state index in [1.165, 1.54) is 7.11 Å². The van der Waals surface area contributed by atoms with Crippen molar-refractivity contribution in [3.63, 3.8) is 0 Å². The number of ether oxygens (including phenoxy) is 1. The van der Waals surface area contributed by atoms with Gasteiger partial charge in [0.2, 0.25) is 5.82 Å². The van der Waals surface area contributed by atoms with Crippen molar-refractivity contribution in [1.29, 1.82) is 0 Å². The van der Waals surface area contributed by atoms with Crippen LogP contribution in [-0.2, 0) is 4.74 Å². The first-order chi connectivity index (χ1) is 9.08. The van der Waals surface area contributed by atoms with Gasteiger partial charge in [0.1, 0.15) is 5.82 Å². The quantitative estimate of drug-likeness (QED) is 0.753. The molecule has 0 aromatic carbocycles. The van der Waals surface area contributed by atoms with Crippen LogP contribution in [0.5, 0.6) is 0 Å². The molecule has 0 saturated carbocycles. The van der Waals surface area contributed by atoms with Crippen LogP contribution in [0.3, 0.4) is 0 Å². The summed E-state index contributed by atoms with van der Waals surface area (Å²) >= 11 is 0. The van der Waals surface area contributed by atoms with Crippen molar-refractivity contribution in [3.05, 3.63) is 18.1 Å². The van der Waals surface area contributed by atoms with Crippen LogP contribution in [0.25, 0.3) is 0 Å². The Bertz CT molecular complexity index is 411. The molecule has 0 amide bonds. The Morgan fingerprint density at radius 1 is 1.58 bits per heavy atom. The smallest absolute Gasteiger partial charge is 0.376 e. The lowest BCUT2D eigenvalue weighted by Gasteiger charge is -2.23. The van der Waals surface area contributed by atoms with Crippen molar-refractivity contribution in [2.75, 3.05) is 32.6 Å². The van der Waals surface area contributed by atoms with Gasteiger partial charge in [-0.2, -0.15) is 0 Å². The zero-order valence-electron chi connectivity index (χ0n) is 12.0. The maximum atomic E-state index is 11.3. The highest BCUT2D eigenvalue weighted by molar-refractivity contribution is 5.85. The third-order valence-corrected chi connectivity index (χ3v) is 3.14. The Morgan fingerprint density at radius 3 is 2.95 bits per heavy atom. The summed E-state index contributed by atoms with van der Waals surface area (Å²) in [6, 6.07) is 2.29. The third kappa shape index (κ3) is 4.82. The number of methoxy groups -OCH3 is 1. The van der Waals surface area contributed by atoms with Gasteiger partial charge in [0.05, 0.1) is 7.11 Å². The maximum absolute atomic E-state index is 11.3. The lowest BCUT2D eigenvalue weighted by Crippen LogP contribution is -2.32. The summed E-state index contributed by atoms with van der Waals surface area (Å²) in [5, 5.41) is 3.17. The molecule has 0 spiro atoms. The molecule has 106 valence electrons. The number of hydrogen-bond donors (Lipinski definition) is 1. The normalized spacial score (nSPS) is 12.3. The Labute approximate surface area is 114 Å². The van der Waals surface area contributed by atoms with Gasteiger partial charge < -0.3 is 15.0 Å². The van der Waals surface area contributed by atoms with Gasteiger partial charge in [-0.1, -0.05) is 6.92 Å². The number of anilines is 1. The second kappa shape index (κ2) is 7.68. The molecule has 0 saturated heterocycles. The highest BCUT2D eigenvalue weighted by Gasteiger charge is 2.10. The summed E-state index contributed by atoms with van der Waals surface area (Å²) in [4.78, 5) is 21.5. The number of nitrogens with zero attached hydrogens (tertiary/aromatic N) is 3. The number of aromatic nitrogens is 2. The molecule has 1 unspecified atom stereocenters. The monoisotopic (exact) mass is 266 g/mol. The van der Waals surface area contributed by atoms with Gasteiger partial charge in [-0.15, -0.1) is 0 Å². The molecular formula is C13H22N4O2. The van der Waals surface area contributed by atoms with Crippen molar-refractivity contribution >= 4 is 11.8 Å². The Morgan fingerprint density at radius 2 is 2.32 bits per heavy atom. The number of carbonyl (C=O) groups excluding carboxylic acids is 1. The molecule has 0 radical (unpaired) electrons. The molecule has 6 nitrogen and oxygen atoms in total. The molecule has 1 N–H and O–H groups in total. The van der Waals surface area contributed by atoms with E-state index >= 15 is 0 Å². The number of nitrogens with one attached hydrogen (secondary N) is 1. The fraction of sp³-hybridized carbons (Fsp3) is 0.615. The molecule has 19 heavy (non-hydrogen) atoms. The van der Waals surface area contributed by atoms with E-state index in [2.05, 4.69) is 45.8 Å². The van der Waals surface area contributed by atoms with Gasteiger partial charge >= 0.3 is 5.97 Å². The predicted molar refractivity (Wildman–Crippen MR) is 74.2 cm³/mol. The number of rotatable bonds is 7. The molecule has 0 aliphatic heterocycles. The molecule has 1 heterocycles. The van der Waals surface area contributed by atoms with Gasteiger partial charge in [-0.3, -0.25) is 0 Å². The first kappa shape index (κ1) is 15.4. The van der Waals surface area contributed by atoms with E-state index in [0.29, 0.717) is 11.9 Å². The van der Waals surface area contributed by atoms with Crippen molar-refractivity contribution in [1.82, 2.24) is 14.9 Å². The predicted octanol–water partition coefficient (Wildman–Crippen LogP) is 1.41. The second-order valence-electron chi connectivity index (χ2n) is 4.42. The molecular weight excluding hydrogens is 244 g/mol. The fourth-order valence-corrected chi connectivity index (χ4v) is 1.54. The summed E-state index contributed by atoms with van der Waals surface area (Å²) in [7, 11) is 3.41. The Kier molecular flexibility index (Phi) is 6.21. The molecule has 1 aromatic rings. The second-order valence-corrected chi connectivity index (χ2v) is 4.42. The van der Waals surface area contributed by atoms with Crippen LogP contribution >= 0.6 is 0 Å². The minimum Gasteiger partial charge on any atom is -0.463 e. The van der Waals surface area contributed by atoms with Crippen molar-refractivity contribution in [3.8, 4) is 0 Å². The molecule has 0 fully saturated rings. The summed E-state index contributed by atoms with van der Waals surface area (Å²) in [6.07, 6.45) is 2.66. The highest BCUT2D eigenvalue weighted by Crippen LogP contribution is 2.04. The Hall–Kier alpha value is -1.69. The zero-order chi connectivity index (χ0) is 14.3. The van der Waals surface area contributed by atoms with Crippen molar-refractivity contribution in [2.24, 2.45) is 0 Å². The Balaban J connectivity index is 2.47. The minimum atomic E-state index is -0.527. The van der Waals surface area contributed by atoms with Crippen LogP contribution in [0.1, 0.15) is 30.9 Å².